The first-order valence-electron chi connectivity index (χ1n) is 7.97. The number of aromatic hydroxyl groups is 1. The van der Waals surface area contributed by atoms with Crippen molar-refractivity contribution in [1.29, 1.82) is 0 Å². The Kier molecular flexibility index (Phi) is 3.95. The highest BCUT2D eigenvalue weighted by Crippen LogP contribution is 2.48. The molecule has 2 aromatic carbocycles. The summed E-state index contributed by atoms with van der Waals surface area (Å²) in [5, 5.41) is 11.1. The molecule has 4 rings (SSSR count). The largest absolute Gasteiger partial charge is 0.506 e. The SMILES string of the molecule is COc1cc2oc(=O)c(-c3ccc4c(c3)OCO4)c(O)c2c(OC)c1OC. The van der Waals surface area contributed by atoms with Gasteiger partial charge >= 0.3 is 5.63 Å². The van der Waals surface area contributed by atoms with E-state index in [1.165, 1.54) is 27.4 Å². The number of methoxy groups -OCH3 is 3. The van der Waals surface area contributed by atoms with E-state index in [1.807, 2.05) is 0 Å². The molecule has 1 aliphatic heterocycles. The number of fused-ring (bicyclic) bond motifs is 2. The fraction of sp³-hybridized carbons (Fsp3) is 0.211. The van der Waals surface area contributed by atoms with Crippen molar-refractivity contribution in [2.45, 2.75) is 0 Å². The first-order valence-corrected chi connectivity index (χ1v) is 7.97. The molecule has 0 radical (unpaired) electrons. The van der Waals surface area contributed by atoms with E-state index >= 15 is 0 Å². The Morgan fingerprint density at radius 2 is 1.70 bits per heavy atom. The number of ether oxygens (including phenoxy) is 5. The van der Waals surface area contributed by atoms with E-state index in [0.717, 1.165) is 0 Å². The second kappa shape index (κ2) is 6.31. The molecular weight excluding hydrogens is 356 g/mol. The van der Waals surface area contributed by atoms with Crippen molar-refractivity contribution in [2.75, 3.05) is 28.1 Å². The number of hydrogen-bond donors (Lipinski definition) is 1. The second-order valence-corrected chi connectivity index (χ2v) is 5.70. The summed E-state index contributed by atoms with van der Waals surface area (Å²) in [5.41, 5.74) is -0.208. The van der Waals surface area contributed by atoms with E-state index < -0.39 is 5.63 Å². The molecule has 0 fully saturated rings. The zero-order valence-corrected chi connectivity index (χ0v) is 14.8. The monoisotopic (exact) mass is 372 g/mol. The Hall–Kier alpha value is -3.55. The van der Waals surface area contributed by atoms with Gasteiger partial charge in [-0.05, 0) is 17.7 Å². The molecule has 0 saturated carbocycles. The molecule has 2 heterocycles. The molecule has 0 amide bonds. The van der Waals surface area contributed by atoms with Crippen molar-refractivity contribution in [3.63, 3.8) is 0 Å². The molecule has 8 nitrogen and oxygen atoms in total. The van der Waals surface area contributed by atoms with E-state index in [4.69, 9.17) is 28.1 Å². The van der Waals surface area contributed by atoms with Crippen molar-refractivity contribution in [3.8, 4) is 45.6 Å². The Bertz CT molecular complexity index is 1100. The third kappa shape index (κ3) is 2.49. The summed E-state index contributed by atoms with van der Waals surface area (Å²) >= 11 is 0. The van der Waals surface area contributed by atoms with Crippen LogP contribution in [0.15, 0.2) is 33.5 Å². The lowest BCUT2D eigenvalue weighted by Gasteiger charge is -2.15. The Labute approximate surface area is 153 Å². The average Bonchev–Trinajstić information content (AvgIpc) is 3.14. The van der Waals surface area contributed by atoms with Gasteiger partial charge in [-0.2, -0.15) is 0 Å². The molecular formula is C19H16O8. The second-order valence-electron chi connectivity index (χ2n) is 5.70. The summed E-state index contributed by atoms with van der Waals surface area (Å²) in [6.07, 6.45) is 0. The number of rotatable bonds is 4. The maximum absolute atomic E-state index is 12.6. The van der Waals surface area contributed by atoms with E-state index in [1.54, 1.807) is 18.2 Å². The van der Waals surface area contributed by atoms with Gasteiger partial charge in [0.15, 0.2) is 23.0 Å². The zero-order valence-electron chi connectivity index (χ0n) is 14.8. The van der Waals surface area contributed by atoms with E-state index in [-0.39, 0.29) is 40.6 Å². The third-order valence-corrected chi connectivity index (χ3v) is 4.34. The molecule has 0 bridgehead atoms. The van der Waals surface area contributed by atoms with Gasteiger partial charge in [0.2, 0.25) is 12.5 Å². The summed E-state index contributed by atoms with van der Waals surface area (Å²) in [6.45, 7) is 0.0991. The lowest BCUT2D eigenvalue weighted by atomic mass is 10.0. The molecule has 0 saturated heterocycles. The van der Waals surface area contributed by atoms with Crippen LogP contribution in [-0.4, -0.2) is 33.2 Å². The lowest BCUT2D eigenvalue weighted by Crippen LogP contribution is -2.05. The summed E-state index contributed by atoms with van der Waals surface area (Å²) in [6, 6.07) is 6.36. The van der Waals surface area contributed by atoms with Gasteiger partial charge in [0.1, 0.15) is 22.3 Å². The normalized spacial score (nSPS) is 12.3. The highest BCUT2D eigenvalue weighted by molar-refractivity contribution is 5.98. The van der Waals surface area contributed by atoms with Crippen LogP contribution in [0.5, 0.6) is 34.5 Å². The highest BCUT2D eigenvalue weighted by Gasteiger charge is 2.25. The van der Waals surface area contributed by atoms with Gasteiger partial charge in [-0.25, -0.2) is 4.79 Å². The fourth-order valence-electron chi connectivity index (χ4n) is 3.12. The van der Waals surface area contributed by atoms with Crippen LogP contribution in [0.4, 0.5) is 0 Å². The summed E-state index contributed by atoms with van der Waals surface area (Å²) in [4.78, 5) is 12.6. The lowest BCUT2D eigenvalue weighted by molar-refractivity contribution is 0.174. The molecule has 1 aromatic heterocycles. The van der Waals surface area contributed by atoms with Crippen molar-refractivity contribution < 1.29 is 33.2 Å². The van der Waals surface area contributed by atoms with Crippen molar-refractivity contribution in [1.82, 2.24) is 0 Å². The maximum atomic E-state index is 12.6. The molecule has 8 heteroatoms. The van der Waals surface area contributed by atoms with E-state index in [9.17, 15) is 9.90 Å². The molecule has 140 valence electrons. The number of benzene rings is 2. The molecule has 0 spiro atoms. The predicted octanol–water partition coefficient (Wildman–Crippen LogP) is 2.92. The highest BCUT2D eigenvalue weighted by atomic mass is 16.7. The average molecular weight is 372 g/mol. The van der Waals surface area contributed by atoms with Crippen LogP contribution in [0, 0.1) is 0 Å². The third-order valence-electron chi connectivity index (χ3n) is 4.34. The van der Waals surface area contributed by atoms with Gasteiger partial charge in [-0.1, -0.05) is 6.07 Å². The zero-order chi connectivity index (χ0) is 19.1. The van der Waals surface area contributed by atoms with E-state index in [0.29, 0.717) is 22.8 Å². The maximum Gasteiger partial charge on any atom is 0.347 e. The summed E-state index contributed by atoms with van der Waals surface area (Å²) in [7, 11) is 4.31. The minimum absolute atomic E-state index is 0.0219. The predicted molar refractivity (Wildman–Crippen MR) is 95.4 cm³/mol. The van der Waals surface area contributed by atoms with Crippen LogP contribution in [0.3, 0.4) is 0 Å². The van der Waals surface area contributed by atoms with Gasteiger partial charge in [-0.15, -0.1) is 0 Å². The van der Waals surface area contributed by atoms with Crippen LogP contribution >= 0.6 is 0 Å². The summed E-state index contributed by atoms with van der Waals surface area (Å²) in [5.74, 6) is 1.51. The molecule has 27 heavy (non-hydrogen) atoms. The van der Waals surface area contributed by atoms with Gasteiger partial charge in [0, 0.05) is 6.07 Å². The van der Waals surface area contributed by atoms with E-state index in [2.05, 4.69) is 0 Å². The van der Waals surface area contributed by atoms with Gasteiger partial charge in [0.05, 0.1) is 21.3 Å². The topological polar surface area (TPSA) is 96.6 Å². The first-order chi connectivity index (χ1) is 13.1. The molecule has 0 unspecified atom stereocenters. The molecule has 0 atom stereocenters. The van der Waals surface area contributed by atoms with Crippen LogP contribution < -0.4 is 29.3 Å². The molecule has 0 aliphatic carbocycles. The standard InChI is InChI=1S/C19H16O8/c1-22-13-7-12-15(18(24-3)17(13)23-2)16(20)14(19(21)27-12)9-4-5-10-11(6-9)26-8-25-10/h4-7,20H,8H2,1-3H3. The Morgan fingerprint density at radius 3 is 2.41 bits per heavy atom. The van der Waals surface area contributed by atoms with Crippen LogP contribution in [0.1, 0.15) is 0 Å². The molecule has 3 aromatic rings. The minimum atomic E-state index is -0.715. The Morgan fingerprint density at radius 1 is 0.963 bits per heavy atom. The first kappa shape index (κ1) is 16.9. The van der Waals surface area contributed by atoms with Gasteiger partial charge in [-0.3, -0.25) is 0 Å². The van der Waals surface area contributed by atoms with Gasteiger partial charge < -0.3 is 33.2 Å². The van der Waals surface area contributed by atoms with Crippen LogP contribution in [-0.2, 0) is 0 Å². The number of hydrogen-bond acceptors (Lipinski definition) is 8. The quantitative estimate of drug-likeness (QED) is 0.699. The molecule has 1 N–H and O–H groups in total. The summed E-state index contributed by atoms with van der Waals surface area (Å²) < 4.78 is 32.0. The minimum Gasteiger partial charge on any atom is -0.506 e. The van der Waals surface area contributed by atoms with Crippen molar-refractivity contribution in [3.05, 3.63) is 34.7 Å². The van der Waals surface area contributed by atoms with Gasteiger partial charge in [0.25, 0.3) is 0 Å². The van der Waals surface area contributed by atoms with Crippen LogP contribution in [0.2, 0.25) is 0 Å². The smallest absolute Gasteiger partial charge is 0.347 e. The Balaban J connectivity index is 2.04. The van der Waals surface area contributed by atoms with Crippen molar-refractivity contribution >= 4 is 11.0 Å². The fourth-order valence-corrected chi connectivity index (χ4v) is 3.12. The van der Waals surface area contributed by atoms with Crippen molar-refractivity contribution in [2.24, 2.45) is 0 Å². The molecule has 1 aliphatic rings. The van der Waals surface area contributed by atoms with Crippen LogP contribution in [0.25, 0.3) is 22.1 Å².